The van der Waals surface area contributed by atoms with E-state index in [0.717, 1.165) is 25.7 Å². The van der Waals surface area contributed by atoms with Crippen LogP contribution in [-0.2, 0) is 19.3 Å². The van der Waals surface area contributed by atoms with Gasteiger partial charge in [0.1, 0.15) is 0 Å². The smallest absolute Gasteiger partial charge is 0.0696 e. The molecule has 0 saturated carbocycles. The van der Waals surface area contributed by atoms with Gasteiger partial charge in [-0.25, -0.2) is 0 Å². The van der Waals surface area contributed by atoms with Crippen molar-refractivity contribution in [2.45, 2.75) is 25.7 Å². The van der Waals surface area contributed by atoms with Crippen molar-refractivity contribution in [1.82, 2.24) is 0 Å². The Hall–Kier alpha value is -1.34. The highest BCUT2D eigenvalue weighted by Crippen LogP contribution is 2.37. The van der Waals surface area contributed by atoms with Crippen LogP contribution in [0.1, 0.15) is 23.1 Å². The Morgan fingerprint density at radius 1 is 1.05 bits per heavy atom. The van der Waals surface area contributed by atoms with Crippen LogP contribution in [0.4, 0.5) is 0 Å². The maximum absolute atomic E-state index is 9.73. The first-order valence-electron chi connectivity index (χ1n) is 6.93. The van der Waals surface area contributed by atoms with E-state index in [2.05, 4.69) is 77.2 Å². The topological polar surface area (TPSA) is 23.8 Å². The maximum Gasteiger partial charge on any atom is 0.0696 e. The molecule has 1 atom stereocenters. The number of hydrogen-bond acceptors (Lipinski definition) is 1. The molecule has 0 radical (unpaired) electrons. The number of nitrogens with zero attached hydrogens (tertiary/aromatic N) is 1. The average molecular weight is 373 g/mol. The van der Waals surface area contributed by atoms with E-state index in [9.17, 15) is 5.26 Å². The Balaban J connectivity index is 1.87. The van der Waals surface area contributed by atoms with E-state index in [0.29, 0.717) is 0 Å². The number of hydrogen-bond donors (Lipinski definition) is 0. The standard InChI is InChI=1S/C18H16IN/c19-17-7-5-14(6-8-17)11-18(13-20)10-9-15-3-1-2-4-16(15)12-18/h1-8H,9-12H2. The third-order valence-electron chi connectivity index (χ3n) is 4.21. The fourth-order valence-corrected chi connectivity index (χ4v) is 3.44. The second-order valence-corrected chi connectivity index (χ2v) is 6.89. The first kappa shape index (κ1) is 13.6. The van der Waals surface area contributed by atoms with Gasteiger partial charge in [-0.05, 0) is 77.1 Å². The second-order valence-electron chi connectivity index (χ2n) is 5.64. The summed E-state index contributed by atoms with van der Waals surface area (Å²) in [6.07, 6.45) is 3.72. The quantitative estimate of drug-likeness (QED) is 0.710. The van der Waals surface area contributed by atoms with Crippen LogP contribution in [0.25, 0.3) is 0 Å². The zero-order chi connectivity index (χ0) is 14.0. The number of aryl methyl sites for hydroxylation is 1. The lowest BCUT2D eigenvalue weighted by atomic mass is 9.69. The van der Waals surface area contributed by atoms with Gasteiger partial charge < -0.3 is 0 Å². The zero-order valence-electron chi connectivity index (χ0n) is 11.3. The first-order chi connectivity index (χ1) is 9.71. The molecule has 0 amide bonds. The molecule has 3 rings (SSSR count). The van der Waals surface area contributed by atoms with E-state index in [1.807, 2.05) is 0 Å². The van der Waals surface area contributed by atoms with Gasteiger partial charge >= 0.3 is 0 Å². The molecule has 0 heterocycles. The van der Waals surface area contributed by atoms with Gasteiger partial charge in [-0.3, -0.25) is 0 Å². The molecule has 0 N–H and O–H groups in total. The molecule has 2 aromatic carbocycles. The lowest BCUT2D eigenvalue weighted by Crippen LogP contribution is -2.29. The summed E-state index contributed by atoms with van der Waals surface area (Å²) >= 11 is 2.32. The van der Waals surface area contributed by atoms with Crippen LogP contribution in [0.15, 0.2) is 48.5 Å². The number of halogens is 1. The molecule has 100 valence electrons. The predicted octanol–water partition coefficient (Wildman–Crippen LogP) is 4.53. The zero-order valence-corrected chi connectivity index (χ0v) is 13.4. The Labute approximate surface area is 133 Å². The average Bonchev–Trinajstić information content (AvgIpc) is 2.49. The van der Waals surface area contributed by atoms with E-state index < -0.39 is 0 Å². The first-order valence-corrected chi connectivity index (χ1v) is 8.01. The van der Waals surface area contributed by atoms with Gasteiger partial charge in [-0.15, -0.1) is 0 Å². The summed E-state index contributed by atoms with van der Waals surface area (Å²) in [5, 5.41) is 9.73. The second kappa shape index (κ2) is 5.57. The van der Waals surface area contributed by atoms with Gasteiger partial charge in [-0.2, -0.15) is 5.26 Å². The molecule has 0 aliphatic heterocycles. The van der Waals surface area contributed by atoms with Gasteiger partial charge in [0.25, 0.3) is 0 Å². The van der Waals surface area contributed by atoms with Crippen molar-refractivity contribution in [2.24, 2.45) is 5.41 Å². The SMILES string of the molecule is N#CC1(Cc2ccc(I)cc2)CCc2ccccc2C1. The van der Waals surface area contributed by atoms with Gasteiger partial charge in [0, 0.05) is 3.57 Å². The largest absolute Gasteiger partial charge is 0.198 e. The van der Waals surface area contributed by atoms with Gasteiger partial charge in [-0.1, -0.05) is 36.4 Å². The summed E-state index contributed by atoms with van der Waals surface area (Å²) < 4.78 is 1.24. The van der Waals surface area contributed by atoms with Crippen LogP contribution in [0.3, 0.4) is 0 Å². The Morgan fingerprint density at radius 3 is 2.45 bits per heavy atom. The van der Waals surface area contributed by atoms with Crippen LogP contribution >= 0.6 is 22.6 Å². The fraction of sp³-hybridized carbons (Fsp3) is 0.278. The number of benzene rings is 2. The summed E-state index contributed by atoms with van der Waals surface area (Å²) in [6, 6.07) is 19.7. The third kappa shape index (κ3) is 2.73. The van der Waals surface area contributed by atoms with Crippen molar-refractivity contribution < 1.29 is 0 Å². The summed E-state index contributed by atoms with van der Waals surface area (Å²) in [6.45, 7) is 0. The van der Waals surface area contributed by atoms with Crippen molar-refractivity contribution in [1.29, 1.82) is 5.26 Å². The highest BCUT2D eigenvalue weighted by molar-refractivity contribution is 14.1. The van der Waals surface area contributed by atoms with Crippen molar-refractivity contribution in [3.63, 3.8) is 0 Å². The van der Waals surface area contributed by atoms with E-state index in [1.165, 1.54) is 20.3 Å². The molecule has 1 aliphatic rings. The summed E-state index contributed by atoms with van der Waals surface area (Å²) in [7, 11) is 0. The monoisotopic (exact) mass is 373 g/mol. The molecule has 0 spiro atoms. The minimum atomic E-state index is -0.235. The van der Waals surface area contributed by atoms with Gasteiger partial charge in [0.05, 0.1) is 11.5 Å². The molecule has 1 unspecified atom stereocenters. The van der Waals surface area contributed by atoms with Gasteiger partial charge in [0.2, 0.25) is 0 Å². The minimum absolute atomic E-state index is 0.235. The van der Waals surface area contributed by atoms with E-state index >= 15 is 0 Å². The Morgan fingerprint density at radius 2 is 1.75 bits per heavy atom. The minimum Gasteiger partial charge on any atom is -0.198 e. The van der Waals surface area contributed by atoms with E-state index in [1.54, 1.807) is 0 Å². The van der Waals surface area contributed by atoms with Crippen LogP contribution < -0.4 is 0 Å². The summed E-state index contributed by atoms with van der Waals surface area (Å²) in [5.41, 5.74) is 3.80. The van der Waals surface area contributed by atoms with Crippen LogP contribution in [0, 0.1) is 20.3 Å². The maximum atomic E-state index is 9.73. The lowest BCUT2D eigenvalue weighted by molar-refractivity contribution is 0.339. The number of rotatable bonds is 2. The Kier molecular flexibility index (Phi) is 3.80. The van der Waals surface area contributed by atoms with Crippen molar-refractivity contribution >= 4 is 22.6 Å². The van der Waals surface area contributed by atoms with Crippen molar-refractivity contribution in [3.8, 4) is 6.07 Å². The van der Waals surface area contributed by atoms with Crippen LogP contribution in [0.5, 0.6) is 0 Å². The molecule has 1 nitrogen and oxygen atoms in total. The molecule has 0 aromatic heterocycles. The van der Waals surface area contributed by atoms with Crippen molar-refractivity contribution in [2.75, 3.05) is 0 Å². The molecular weight excluding hydrogens is 357 g/mol. The molecular formula is C18H16IN. The highest BCUT2D eigenvalue weighted by atomic mass is 127. The normalized spacial score (nSPS) is 21.0. The van der Waals surface area contributed by atoms with Crippen LogP contribution in [0.2, 0.25) is 0 Å². The van der Waals surface area contributed by atoms with Crippen LogP contribution in [-0.4, -0.2) is 0 Å². The predicted molar refractivity (Wildman–Crippen MR) is 89.4 cm³/mol. The fourth-order valence-electron chi connectivity index (χ4n) is 3.08. The summed E-state index contributed by atoms with van der Waals surface area (Å²) in [5.74, 6) is 0. The molecule has 1 aliphatic carbocycles. The molecule has 20 heavy (non-hydrogen) atoms. The molecule has 2 heteroatoms. The van der Waals surface area contributed by atoms with Gasteiger partial charge in [0.15, 0.2) is 0 Å². The lowest BCUT2D eigenvalue weighted by Gasteiger charge is -2.32. The number of nitriles is 1. The van der Waals surface area contributed by atoms with Crippen molar-refractivity contribution in [3.05, 3.63) is 68.8 Å². The third-order valence-corrected chi connectivity index (χ3v) is 4.93. The Bertz CT molecular complexity index is 654. The van der Waals surface area contributed by atoms with E-state index in [4.69, 9.17) is 0 Å². The number of fused-ring (bicyclic) bond motifs is 1. The molecule has 0 saturated heterocycles. The van der Waals surface area contributed by atoms with E-state index in [-0.39, 0.29) is 5.41 Å². The molecule has 0 fully saturated rings. The molecule has 2 aromatic rings. The summed E-state index contributed by atoms with van der Waals surface area (Å²) in [4.78, 5) is 0. The molecule has 0 bridgehead atoms. The highest BCUT2D eigenvalue weighted by Gasteiger charge is 2.34.